The molecular weight excluding hydrogens is 260 g/mol. The molecule has 3 nitrogen and oxygen atoms in total. The summed E-state index contributed by atoms with van der Waals surface area (Å²) in [5, 5.41) is 0. The predicted molar refractivity (Wildman–Crippen MR) is 83.6 cm³/mol. The second-order valence-corrected chi connectivity index (χ2v) is 5.83. The Labute approximate surface area is 124 Å². The third-order valence-corrected chi connectivity index (χ3v) is 4.01. The van der Waals surface area contributed by atoms with Gasteiger partial charge in [-0.05, 0) is 61.6 Å². The molecular formula is C18H18N2O. The smallest absolute Gasteiger partial charge is 0.137 e. The summed E-state index contributed by atoms with van der Waals surface area (Å²) in [6.07, 6.45) is 6.72. The van der Waals surface area contributed by atoms with Crippen LogP contribution in [0.5, 0.6) is 5.75 Å². The number of benzene rings is 1. The zero-order chi connectivity index (χ0) is 14.2. The Kier molecular flexibility index (Phi) is 2.92. The van der Waals surface area contributed by atoms with Gasteiger partial charge in [0.1, 0.15) is 11.4 Å². The van der Waals surface area contributed by atoms with Crippen LogP contribution in [-0.2, 0) is 0 Å². The number of pyridine rings is 1. The number of nitrogens with zero attached hydrogens (tertiary/aromatic N) is 2. The molecule has 1 aromatic carbocycles. The van der Waals surface area contributed by atoms with Crippen LogP contribution in [0.1, 0.15) is 18.4 Å². The van der Waals surface area contributed by atoms with Crippen LogP contribution in [0, 0.1) is 12.8 Å². The Hall–Kier alpha value is -2.29. The minimum Gasteiger partial charge on any atom is -0.493 e. The number of ether oxygens (including phenoxy) is 1. The van der Waals surface area contributed by atoms with Crippen molar-refractivity contribution in [2.75, 3.05) is 6.61 Å². The van der Waals surface area contributed by atoms with Crippen LogP contribution in [0.2, 0.25) is 0 Å². The molecule has 106 valence electrons. The normalized spacial score (nSPS) is 14.5. The van der Waals surface area contributed by atoms with E-state index in [-0.39, 0.29) is 0 Å². The van der Waals surface area contributed by atoms with Crippen LogP contribution in [0.15, 0.2) is 48.8 Å². The van der Waals surface area contributed by atoms with E-state index < -0.39 is 0 Å². The number of hydrogen-bond acceptors (Lipinski definition) is 2. The van der Waals surface area contributed by atoms with Gasteiger partial charge in [-0.2, -0.15) is 0 Å². The highest BCUT2D eigenvalue weighted by Crippen LogP contribution is 2.31. The van der Waals surface area contributed by atoms with E-state index >= 15 is 0 Å². The Morgan fingerprint density at radius 1 is 1.24 bits per heavy atom. The van der Waals surface area contributed by atoms with Gasteiger partial charge >= 0.3 is 0 Å². The fourth-order valence-electron chi connectivity index (χ4n) is 2.54. The zero-order valence-corrected chi connectivity index (χ0v) is 12.1. The van der Waals surface area contributed by atoms with Gasteiger partial charge < -0.3 is 9.14 Å². The Morgan fingerprint density at radius 3 is 2.90 bits per heavy atom. The summed E-state index contributed by atoms with van der Waals surface area (Å²) >= 11 is 0. The number of imidazole rings is 1. The first kappa shape index (κ1) is 12.5. The fraction of sp³-hybridized carbons (Fsp3) is 0.278. The molecule has 0 bridgehead atoms. The summed E-state index contributed by atoms with van der Waals surface area (Å²) in [6.45, 7) is 2.95. The van der Waals surface area contributed by atoms with Crippen molar-refractivity contribution in [3.8, 4) is 17.0 Å². The van der Waals surface area contributed by atoms with Crippen LogP contribution in [0.4, 0.5) is 0 Å². The largest absolute Gasteiger partial charge is 0.493 e. The molecule has 0 aliphatic heterocycles. The first-order valence-corrected chi connectivity index (χ1v) is 7.47. The number of rotatable bonds is 4. The number of aromatic nitrogens is 2. The van der Waals surface area contributed by atoms with E-state index in [1.807, 2.05) is 28.8 Å². The second kappa shape index (κ2) is 4.92. The lowest BCUT2D eigenvalue weighted by Gasteiger charge is -2.09. The molecule has 0 amide bonds. The van der Waals surface area contributed by atoms with Crippen molar-refractivity contribution >= 4 is 5.65 Å². The van der Waals surface area contributed by atoms with Crippen LogP contribution < -0.4 is 4.74 Å². The quantitative estimate of drug-likeness (QED) is 0.718. The summed E-state index contributed by atoms with van der Waals surface area (Å²) in [5.41, 5.74) is 4.28. The molecule has 2 heterocycles. The Balaban J connectivity index is 1.63. The predicted octanol–water partition coefficient (Wildman–Crippen LogP) is 4.10. The molecule has 0 spiro atoms. The van der Waals surface area contributed by atoms with Crippen molar-refractivity contribution in [1.29, 1.82) is 0 Å². The first-order valence-electron chi connectivity index (χ1n) is 7.47. The molecule has 0 N–H and O–H groups in total. The van der Waals surface area contributed by atoms with Crippen molar-refractivity contribution in [2.24, 2.45) is 5.92 Å². The van der Waals surface area contributed by atoms with Crippen molar-refractivity contribution < 1.29 is 4.74 Å². The number of fused-ring (bicyclic) bond motifs is 1. The van der Waals surface area contributed by atoms with E-state index in [2.05, 4.69) is 36.3 Å². The van der Waals surface area contributed by atoms with Crippen molar-refractivity contribution in [2.45, 2.75) is 19.8 Å². The fourth-order valence-corrected chi connectivity index (χ4v) is 2.54. The van der Waals surface area contributed by atoms with Crippen LogP contribution in [-0.4, -0.2) is 16.0 Å². The molecule has 21 heavy (non-hydrogen) atoms. The minimum atomic E-state index is 0.780. The zero-order valence-electron chi connectivity index (χ0n) is 12.1. The highest BCUT2D eigenvalue weighted by molar-refractivity contribution is 5.64. The molecule has 2 aromatic heterocycles. The third kappa shape index (κ3) is 2.51. The van der Waals surface area contributed by atoms with Crippen LogP contribution in [0.3, 0.4) is 0 Å². The molecule has 3 heteroatoms. The first-order chi connectivity index (χ1) is 10.3. The molecule has 0 unspecified atom stereocenters. The van der Waals surface area contributed by atoms with E-state index in [0.29, 0.717) is 0 Å². The number of hydrogen-bond donors (Lipinski definition) is 0. The highest BCUT2D eigenvalue weighted by atomic mass is 16.5. The van der Waals surface area contributed by atoms with Gasteiger partial charge in [0, 0.05) is 18.0 Å². The topological polar surface area (TPSA) is 26.5 Å². The maximum Gasteiger partial charge on any atom is 0.137 e. The lowest BCUT2D eigenvalue weighted by atomic mass is 10.1. The average molecular weight is 278 g/mol. The Morgan fingerprint density at radius 2 is 2.14 bits per heavy atom. The summed E-state index contributed by atoms with van der Waals surface area (Å²) in [4.78, 5) is 4.66. The molecule has 1 saturated carbocycles. The van der Waals surface area contributed by atoms with Crippen molar-refractivity contribution in [1.82, 2.24) is 9.38 Å². The summed E-state index contributed by atoms with van der Waals surface area (Å²) in [6, 6.07) is 12.4. The van der Waals surface area contributed by atoms with Gasteiger partial charge in [0.15, 0.2) is 0 Å². The average Bonchev–Trinajstić information content (AvgIpc) is 3.22. The van der Waals surface area contributed by atoms with Gasteiger partial charge in [-0.3, -0.25) is 0 Å². The highest BCUT2D eigenvalue weighted by Gasteiger charge is 2.22. The molecule has 0 radical (unpaired) electrons. The van der Waals surface area contributed by atoms with Gasteiger partial charge in [0.2, 0.25) is 0 Å². The molecule has 0 atom stereocenters. The molecule has 3 aromatic rings. The Bertz CT molecular complexity index is 754. The summed E-state index contributed by atoms with van der Waals surface area (Å²) < 4.78 is 7.93. The molecule has 1 aliphatic rings. The monoisotopic (exact) mass is 278 g/mol. The van der Waals surface area contributed by atoms with Gasteiger partial charge in [-0.15, -0.1) is 0 Å². The molecule has 1 fully saturated rings. The van der Waals surface area contributed by atoms with E-state index in [4.69, 9.17) is 4.74 Å². The lowest BCUT2D eigenvalue weighted by molar-refractivity contribution is 0.298. The molecule has 4 rings (SSSR count). The van der Waals surface area contributed by atoms with Gasteiger partial charge in [-0.25, -0.2) is 4.98 Å². The van der Waals surface area contributed by atoms with Gasteiger partial charge in [-0.1, -0.05) is 6.07 Å². The minimum absolute atomic E-state index is 0.780. The van der Waals surface area contributed by atoms with E-state index in [0.717, 1.165) is 35.2 Å². The summed E-state index contributed by atoms with van der Waals surface area (Å²) in [7, 11) is 0. The molecule has 1 aliphatic carbocycles. The van der Waals surface area contributed by atoms with Crippen molar-refractivity contribution in [3.05, 3.63) is 54.4 Å². The van der Waals surface area contributed by atoms with Crippen LogP contribution >= 0.6 is 0 Å². The standard InChI is InChI=1S/C18H18N2O/c1-13-10-15(7-8-17(13)21-12-14-5-6-14)16-11-20-9-3-2-4-18(20)19-16/h2-4,7-11,14H,5-6,12H2,1H3. The third-order valence-electron chi connectivity index (χ3n) is 4.01. The SMILES string of the molecule is Cc1cc(-c2cn3ccccc3n2)ccc1OCC1CC1. The maximum absolute atomic E-state index is 5.88. The van der Waals surface area contributed by atoms with E-state index in [1.165, 1.54) is 18.4 Å². The summed E-state index contributed by atoms with van der Waals surface area (Å²) in [5.74, 6) is 1.77. The van der Waals surface area contributed by atoms with E-state index in [9.17, 15) is 0 Å². The molecule has 0 saturated heterocycles. The van der Waals surface area contributed by atoms with E-state index in [1.54, 1.807) is 0 Å². The van der Waals surface area contributed by atoms with Crippen molar-refractivity contribution in [3.63, 3.8) is 0 Å². The van der Waals surface area contributed by atoms with Gasteiger partial charge in [0.05, 0.1) is 12.3 Å². The number of aryl methyl sites for hydroxylation is 1. The second-order valence-electron chi connectivity index (χ2n) is 5.83. The lowest BCUT2D eigenvalue weighted by Crippen LogP contribution is -2.00. The van der Waals surface area contributed by atoms with Crippen LogP contribution in [0.25, 0.3) is 16.9 Å². The van der Waals surface area contributed by atoms with Gasteiger partial charge in [0.25, 0.3) is 0 Å². The maximum atomic E-state index is 5.88.